The number of carbonyl (C=O) groups is 1. The van der Waals surface area contributed by atoms with Crippen LogP contribution in [0, 0.1) is 25.6 Å². The van der Waals surface area contributed by atoms with Crippen molar-refractivity contribution in [2.75, 3.05) is 25.0 Å². The smallest absolute Gasteiger partial charge is 0.395 e. The second-order valence-corrected chi connectivity index (χ2v) is 15.6. The molecule has 1 fully saturated rings. The second kappa shape index (κ2) is 13.3. The molecule has 59 heavy (non-hydrogen) atoms. The number of aromatic nitrogens is 9. The van der Waals surface area contributed by atoms with Gasteiger partial charge in [-0.25, -0.2) is 18.7 Å². The molecule has 2 atom stereocenters. The zero-order valence-electron chi connectivity index (χ0n) is 32.7. The van der Waals surface area contributed by atoms with Crippen LogP contribution >= 0.6 is 0 Å². The fourth-order valence-corrected chi connectivity index (χ4v) is 8.89. The number of anilines is 1. The lowest BCUT2D eigenvalue weighted by molar-refractivity contribution is 0.0721. The maximum Gasteiger partial charge on any atom is 0.438 e. The third-order valence-electron chi connectivity index (χ3n) is 12.0. The number of hydrogen-bond acceptors (Lipinski definition) is 9. The van der Waals surface area contributed by atoms with Gasteiger partial charge >= 0.3 is 11.4 Å². The minimum Gasteiger partial charge on any atom is -0.395 e. The van der Waals surface area contributed by atoms with Crippen LogP contribution in [0.3, 0.4) is 0 Å². The first-order chi connectivity index (χ1) is 28.5. The lowest BCUT2D eigenvalue weighted by Crippen LogP contribution is -2.39. The Morgan fingerprint density at radius 2 is 1.78 bits per heavy atom. The first-order valence-corrected chi connectivity index (χ1v) is 19.4. The summed E-state index contributed by atoms with van der Waals surface area (Å²) in [6, 6.07) is 16.7. The van der Waals surface area contributed by atoms with Gasteiger partial charge in [0.05, 0.1) is 41.9 Å². The minimum absolute atomic E-state index is 0.00721. The Hall–Kier alpha value is -7.01. The van der Waals surface area contributed by atoms with E-state index >= 15 is 4.79 Å². The van der Waals surface area contributed by atoms with E-state index in [-0.39, 0.29) is 36.5 Å². The Labute approximate surface area is 334 Å². The maximum atomic E-state index is 15.1. The Balaban J connectivity index is 1.10. The zero-order valence-corrected chi connectivity index (χ0v) is 32.7. The predicted octanol–water partition coefficient (Wildman–Crippen LogP) is 4.47. The van der Waals surface area contributed by atoms with Crippen molar-refractivity contribution in [3.05, 3.63) is 134 Å². The molecule has 1 saturated carbocycles. The monoisotopic (exact) mass is 797 g/mol. The highest BCUT2D eigenvalue weighted by Crippen LogP contribution is 2.56. The molecule has 0 spiro atoms. The standard InChI is InChI=1S/C42H40FN11O5/c1-23-15-30(16-24(2)36(23)43)54-37(52-13-12-51(41(52)58)29-6-8-33-27(18-29)21-45-49(33)4)31-22-50(11-9-32(31)47-54)38(56)35-19-26-17-28(44-10-14-55)5-7-34(26)53(35)42(20-25(42)3)39-46-40(57)59-48-39/h5-8,12-13,15-19,21,25,44,55H,9-11,14,20,22H2,1-4H3,(H,46,48,57)/t25-,42-/m0/s1. The molecule has 0 radical (unpaired) electrons. The van der Waals surface area contributed by atoms with Crippen molar-refractivity contribution in [2.45, 2.75) is 45.7 Å². The van der Waals surface area contributed by atoms with Gasteiger partial charge in [0, 0.05) is 66.5 Å². The highest BCUT2D eigenvalue weighted by atomic mass is 19.1. The molecule has 1 aliphatic heterocycles. The summed E-state index contributed by atoms with van der Waals surface area (Å²) in [5, 5.41) is 27.8. The number of halogens is 1. The van der Waals surface area contributed by atoms with Crippen molar-refractivity contribution >= 4 is 33.4 Å². The Bertz CT molecular complexity index is 3100. The summed E-state index contributed by atoms with van der Waals surface area (Å²) in [6.07, 6.45) is 6.13. The molecule has 3 N–H and O–H groups in total. The van der Waals surface area contributed by atoms with Crippen molar-refractivity contribution in [3.8, 4) is 17.2 Å². The Morgan fingerprint density at radius 3 is 2.51 bits per heavy atom. The molecule has 1 amide bonds. The highest BCUT2D eigenvalue weighted by Gasteiger charge is 2.59. The van der Waals surface area contributed by atoms with E-state index in [1.807, 2.05) is 61.0 Å². The van der Waals surface area contributed by atoms with Crippen LogP contribution in [0.15, 0.2) is 87.3 Å². The van der Waals surface area contributed by atoms with Crippen LogP contribution in [0.4, 0.5) is 10.1 Å². The molecule has 300 valence electrons. The van der Waals surface area contributed by atoms with E-state index in [1.165, 1.54) is 4.57 Å². The summed E-state index contributed by atoms with van der Waals surface area (Å²) in [5.41, 5.74) is 5.16. The number of aryl methyl sites for hydroxylation is 3. The van der Waals surface area contributed by atoms with Crippen LogP contribution in [0.25, 0.3) is 39.0 Å². The number of aliphatic hydroxyl groups is 1. The number of benzene rings is 3. The summed E-state index contributed by atoms with van der Waals surface area (Å²) < 4.78 is 28.4. The van der Waals surface area contributed by atoms with Gasteiger partial charge < -0.3 is 19.9 Å². The molecule has 10 rings (SSSR count). The number of H-pyrrole nitrogens is 1. The summed E-state index contributed by atoms with van der Waals surface area (Å²) in [4.78, 5) is 46.3. The summed E-state index contributed by atoms with van der Waals surface area (Å²) in [5.74, 6) is -0.468. The van der Waals surface area contributed by atoms with Gasteiger partial charge in [-0.05, 0) is 91.9 Å². The molecule has 5 aromatic heterocycles. The Morgan fingerprint density at radius 1 is 1.02 bits per heavy atom. The van der Waals surface area contributed by atoms with E-state index in [0.29, 0.717) is 77.0 Å². The Kier molecular flexibility index (Phi) is 8.17. The average Bonchev–Trinajstić information content (AvgIpc) is 3.85. The van der Waals surface area contributed by atoms with Gasteiger partial charge in [0.2, 0.25) is 0 Å². The first-order valence-electron chi connectivity index (χ1n) is 19.4. The first kappa shape index (κ1) is 36.3. The third kappa shape index (κ3) is 5.59. The van der Waals surface area contributed by atoms with Gasteiger partial charge in [0.1, 0.15) is 22.9 Å². The van der Waals surface area contributed by atoms with Crippen LogP contribution in [0.1, 0.15) is 52.0 Å². The average molecular weight is 798 g/mol. The van der Waals surface area contributed by atoms with Gasteiger partial charge in [-0.3, -0.25) is 28.1 Å². The fourth-order valence-electron chi connectivity index (χ4n) is 8.89. The molecule has 1 aliphatic carbocycles. The van der Waals surface area contributed by atoms with Gasteiger partial charge in [-0.15, -0.1) is 0 Å². The molecular weight excluding hydrogens is 758 g/mol. The lowest BCUT2D eigenvalue weighted by atomic mass is 10.1. The maximum absolute atomic E-state index is 15.1. The number of nitrogens with zero attached hydrogens (tertiary/aromatic N) is 9. The van der Waals surface area contributed by atoms with Gasteiger partial charge in [0.15, 0.2) is 5.82 Å². The van der Waals surface area contributed by atoms with E-state index in [9.17, 15) is 19.1 Å². The van der Waals surface area contributed by atoms with Crippen LogP contribution in [-0.2, 0) is 25.6 Å². The van der Waals surface area contributed by atoms with Crippen LogP contribution in [0.2, 0.25) is 0 Å². The van der Waals surface area contributed by atoms with Gasteiger partial charge in [-0.1, -0.05) is 12.1 Å². The second-order valence-electron chi connectivity index (χ2n) is 15.6. The summed E-state index contributed by atoms with van der Waals surface area (Å²) >= 11 is 0. The third-order valence-corrected chi connectivity index (χ3v) is 12.0. The van der Waals surface area contributed by atoms with Crippen molar-refractivity contribution in [2.24, 2.45) is 13.0 Å². The number of hydrogen-bond donors (Lipinski definition) is 3. The summed E-state index contributed by atoms with van der Waals surface area (Å²) in [6.45, 7) is 6.19. The molecule has 6 heterocycles. The van der Waals surface area contributed by atoms with Gasteiger partial charge in [0.25, 0.3) is 5.91 Å². The topological polar surface area (TPSA) is 179 Å². The molecule has 0 bridgehead atoms. The fraction of sp³-hybridized carbons (Fsp3) is 0.286. The van der Waals surface area contributed by atoms with Crippen LogP contribution in [0.5, 0.6) is 0 Å². The quantitative estimate of drug-likeness (QED) is 0.190. The molecule has 2 aliphatic rings. The largest absolute Gasteiger partial charge is 0.438 e. The number of imidazole rings is 1. The lowest BCUT2D eigenvalue weighted by Gasteiger charge is -2.29. The number of fused-ring (bicyclic) bond motifs is 3. The number of amides is 1. The number of aliphatic hydroxyl groups excluding tert-OH is 1. The number of carbonyl (C=O) groups excluding carboxylic acids is 1. The molecule has 16 nitrogen and oxygen atoms in total. The summed E-state index contributed by atoms with van der Waals surface area (Å²) in [7, 11) is 1.86. The van der Waals surface area contributed by atoms with Crippen molar-refractivity contribution < 1.29 is 18.8 Å². The SMILES string of the molecule is Cc1cc(-n2nc3c(c2-n2ccn(-c4ccc5c(cnn5C)c4)c2=O)CN(C(=O)c2cc4cc(NCCO)ccc4n2[C@@]2(c4noc(=O)[nH]4)C[C@@H]2C)CC3)cc(C)c1F. The van der Waals surface area contributed by atoms with Crippen molar-refractivity contribution in [1.29, 1.82) is 0 Å². The predicted molar refractivity (Wildman–Crippen MR) is 216 cm³/mol. The molecule has 17 heteroatoms. The molecular formula is C42H40FN11O5. The van der Waals surface area contributed by atoms with E-state index in [1.54, 1.807) is 63.4 Å². The van der Waals surface area contributed by atoms with E-state index in [0.717, 1.165) is 27.5 Å². The van der Waals surface area contributed by atoms with E-state index in [2.05, 4.69) is 20.6 Å². The number of nitrogens with one attached hydrogen (secondary N) is 2. The highest BCUT2D eigenvalue weighted by molar-refractivity contribution is 6.00. The van der Waals surface area contributed by atoms with Crippen LogP contribution in [-0.4, -0.2) is 79.0 Å². The zero-order chi connectivity index (χ0) is 40.9. The normalized spacial score (nSPS) is 17.6. The van der Waals surface area contributed by atoms with Gasteiger partial charge in [-0.2, -0.15) is 10.2 Å². The minimum atomic E-state index is -0.844. The van der Waals surface area contributed by atoms with Crippen molar-refractivity contribution in [1.82, 2.24) is 48.3 Å². The van der Waals surface area contributed by atoms with E-state index in [4.69, 9.17) is 9.62 Å². The molecule has 3 aromatic carbocycles. The van der Waals surface area contributed by atoms with Crippen LogP contribution < -0.4 is 16.8 Å². The molecule has 0 unspecified atom stereocenters. The number of rotatable bonds is 9. The molecule has 0 saturated heterocycles. The van der Waals surface area contributed by atoms with Crippen molar-refractivity contribution in [3.63, 3.8) is 0 Å². The molecule has 8 aromatic rings. The van der Waals surface area contributed by atoms with E-state index < -0.39 is 11.3 Å². The number of aromatic amines is 1.